The van der Waals surface area contributed by atoms with Crippen LogP contribution in [-0.4, -0.2) is 58.0 Å². The lowest BCUT2D eigenvalue weighted by Crippen LogP contribution is -2.51. The molecule has 3 atom stereocenters. The molecule has 23 heavy (non-hydrogen) atoms. The lowest BCUT2D eigenvalue weighted by molar-refractivity contribution is -0.152. The summed E-state index contributed by atoms with van der Waals surface area (Å²) in [6.45, 7) is 6.28. The molecule has 0 radical (unpaired) electrons. The third kappa shape index (κ3) is 3.25. The highest BCUT2D eigenvalue weighted by Crippen LogP contribution is 2.41. The summed E-state index contributed by atoms with van der Waals surface area (Å²) < 4.78 is 0. The number of nitrogens with zero attached hydrogens (tertiary/aromatic N) is 2. The van der Waals surface area contributed by atoms with Crippen molar-refractivity contribution in [3.8, 4) is 0 Å². The Hall–Kier alpha value is -1.10. The molecule has 1 aliphatic carbocycles. The number of amides is 1. The fraction of sp³-hybridized carbons (Fsp3) is 0.889. The van der Waals surface area contributed by atoms with Crippen LogP contribution in [-0.2, 0) is 9.59 Å². The third-order valence-corrected chi connectivity index (χ3v) is 6.24. The molecule has 2 saturated heterocycles. The van der Waals surface area contributed by atoms with E-state index < -0.39 is 12.0 Å². The van der Waals surface area contributed by atoms with Gasteiger partial charge in [0.25, 0.3) is 0 Å². The monoisotopic (exact) mass is 322 g/mol. The second kappa shape index (κ2) is 6.80. The number of rotatable bonds is 3. The van der Waals surface area contributed by atoms with Crippen molar-refractivity contribution < 1.29 is 14.7 Å². The minimum atomic E-state index is -0.813. The van der Waals surface area contributed by atoms with Crippen LogP contribution in [0.1, 0.15) is 58.8 Å². The number of hydrogen-bond acceptors (Lipinski definition) is 3. The van der Waals surface area contributed by atoms with Crippen LogP contribution in [0.15, 0.2) is 0 Å². The van der Waals surface area contributed by atoms with Crippen LogP contribution in [0.5, 0.6) is 0 Å². The van der Waals surface area contributed by atoms with Crippen molar-refractivity contribution in [1.29, 1.82) is 0 Å². The number of hydrogen-bond donors (Lipinski definition) is 1. The number of carbonyl (C=O) groups excluding carboxylic acids is 1. The molecule has 130 valence electrons. The van der Waals surface area contributed by atoms with Crippen molar-refractivity contribution in [2.24, 2.45) is 11.8 Å². The van der Waals surface area contributed by atoms with Gasteiger partial charge in [-0.15, -0.1) is 0 Å². The van der Waals surface area contributed by atoms with E-state index in [1.807, 2.05) is 0 Å². The van der Waals surface area contributed by atoms with Crippen molar-refractivity contribution in [1.82, 2.24) is 9.80 Å². The fourth-order valence-corrected chi connectivity index (χ4v) is 4.87. The Balaban J connectivity index is 1.70. The quantitative estimate of drug-likeness (QED) is 0.866. The molecular formula is C18H30N2O3. The first kappa shape index (κ1) is 16.7. The number of likely N-dealkylation sites (tertiary alicyclic amines) is 2. The van der Waals surface area contributed by atoms with Crippen LogP contribution in [0.4, 0.5) is 0 Å². The van der Waals surface area contributed by atoms with Crippen LogP contribution in [0, 0.1) is 11.8 Å². The highest BCUT2D eigenvalue weighted by molar-refractivity contribution is 5.86. The molecule has 1 amide bonds. The number of carbonyl (C=O) groups is 2. The minimum Gasteiger partial charge on any atom is -0.480 e. The molecule has 5 heteroatoms. The lowest BCUT2D eigenvalue weighted by Gasteiger charge is -2.39. The zero-order chi connectivity index (χ0) is 16.6. The van der Waals surface area contributed by atoms with Crippen molar-refractivity contribution in [3.05, 3.63) is 0 Å². The fourth-order valence-electron chi connectivity index (χ4n) is 4.87. The van der Waals surface area contributed by atoms with E-state index in [0.29, 0.717) is 18.4 Å². The lowest BCUT2D eigenvalue weighted by atomic mass is 9.84. The van der Waals surface area contributed by atoms with Gasteiger partial charge in [0.15, 0.2) is 0 Å². The molecule has 3 aliphatic rings. The standard InChI is InChI=1S/C18H30N2O3/c1-12(2)19-9-7-13(8-10-19)17(21)20-15-6-4-3-5-14(15)11-16(20)18(22)23/h12-16H,3-11H2,1-2H3,(H,22,23). The molecule has 0 spiro atoms. The summed E-state index contributed by atoms with van der Waals surface area (Å²) in [5, 5.41) is 9.59. The van der Waals surface area contributed by atoms with E-state index in [0.717, 1.165) is 45.2 Å². The highest BCUT2D eigenvalue weighted by Gasteiger charge is 2.48. The molecule has 0 aromatic heterocycles. The Labute approximate surface area is 139 Å². The minimum absolute atomic E-state index is 0.0209. The second-order valence-corrected chi connectivity index (χ2v) is 7.85. The molecule has 5 nitrogen and oxygen atoms in total. The van der Waals surface area contributed by atoms with E-state index >= 15 is 0 Å². The number of fused-ring (bicyclic) bond motifs is 1. The van der Waals surface area contributed by atoms with Crippen LogP contribution in [0.2, 0.25) is 0 Å². The summed E-state index contributed by atoms with van der Waals surface area (Å²) in [4.78, 5) is 29.0. The van der Waals surface area contributed by atoms with Gasteiger partial charge in [-0.25, -0.2) is 4.79 Å². The molecule has 3 fully saturated rings. The summed E-state index contributed by atoms with van der Waals surface area (Å²) >= 11 is 0. The number of carboxylic acid groups (broad SMARTS) is 1. The van der Waals surface area contributed by atoms with E-state index in [1.165, 1.54) is 6.42 Å². The molecule has 2 heterocycles. The highest BCUT2D eigenvalue weighted by atomic mass is 16.4. The smallest absolute Gasteiger partial charge is 0.326 e. The largest absolute Gasteiger partial charge is 0.480 e. The van der Waals surface area contributed by atoms with Gasteiger partial charge in [0.05, 0.1) is 0 Å². The van der Waals surface area contributed by atoms with Gasteiger partial charge in [0.1, 0.15) is 6.04 Å². The third-order valence-electron chi connectivity index (χ3n) is 6.24. The number of aliphatic carboxylic acids is 1. The zero-order valence-corrected chi connectivity index (χ0v) is 14.4. The van der Waals surface area contributed by atoms with E-state index in [1.54, 1.807) is 4.90 Å². The normalized spacial score (nSPS) is 33.0. The Morgan fingerprint density at radius 2 is 1.70 bits per heavy atom. The molecule has 3 rings (SSSR count). The second-order valence-electron chi connectivity index (χ2n) is 7.85. The SMILES string of the molecule is CC(C)N1CCC(C(=O)N2C(C(=O)O)CC3CCCCC32)CC1. The van der Waals surface area contributed by atoms with E-state index in [2.05, 4.69) is 18.7 Å². The maximum absolute atomic E-state index is 13.1. The average molecular weight is 322 g/mol. The summed E-state index contributed by atoms with van der Waals surface area (Å²) in [6.07, 6.45) is 6.80. The van der Waals surface area contributed by atoms with Crippen molar-refractivity contribution in [2.45, 2.75) is 76.9 Å². The first-order valence-corrected chi connectivity index (χ1v) is 9.28. The van der Waals surface area contributed by atoms with Crippen LogP contribution >= 0.6 is 0 Å². The van der Waals surface area contributed by atoms with Gasteiger partial charge in [-0.2, -0.15) is 0 Å². The van der Waals surface area contributed by atoms with Crippen molar-refractivity contribution in [3.63, 3.8) is 0 Å². The van der Waals surface area contributed by atoms with Gasteiger partial charge in [-0.3, -0.25) is 4.79 Å². The van der Waals surface area contributed by atoms with E-state index in [-0.39, 0.29) is 17.9 Å². The van der Waals surface area contributed by atoms with Gasteiger partial charge in [0.2, 0.25) is 5.91 Å². The maximum atomic E-state index is 13.1. The first-order valence-electron chi connectivity index (χ1n) is 9.28. The molecule has 1 saturated carbocycles. The van der Waals surface area contributed by atoms with Gasteiger partial charge < -0.3 is 14.9 Å². The first-order chi connectivity index (χ1) is 11.0. The number of carboxylic acids is 1. The maximum Gasteiger partial charge on any atom is 0.326 e. The van der Waals surface area contributed by atoms with Crippen LogP contribution < -0.4 is 0 Å². The molecular weight excluding hydrogens is 292 g/mol. The Kier molecular flexibility index (Phi) is 4.95. The molecule has 0 aromatic rings. The van der Waals surface area contributed by atoms with Crippen molar-refractivity contribution >= 4 is 11.9 Å². The zero-order valence-electron chi connectivity index (χ0n) is 14.4. The predicted molar refractivity (Wildman–Crippen MR) is 88.1 cm³/mol. The van der Waals surface area contributed by atoms with Crippen molar-refractivity contribution in [2.75, 3.05) is 13.1 Å². The summed E-state index contributed by atoms with van der Waals surface area (Å²) in [7, 11) is 0. The Bertz CT molecular complexity index is 457. The molecule has 1 N–H and O–H groups in total. The van der Waals surface area contributed by atoms with E-state index in [9.17, 15) is 14.7 Å². The van der Waals surface area contributed by atoms with Gasteiger partial charge in [-0.05, 0) is 65.0 Å². The Morgan fingerprint density at radius 3 is 2.30 bits per heavy atom. The molecule has 3 unspecified atom stereocenters. The van der Waals surface area contributed by atoms with Gasteiger partial charge in [0, 0.05) is 18.0 Å². The average Bonchev–Trinajstić information content (AvgIpc) is 2.94. The van der Waals surface area contributed by atoms with Gasteiger partial charge in [-0.1, -0.05) is 12.8 Å². The van der Waals surface area contributed by atoms with Gasteiger partial charge >= 0.3 is 5.97 Å². The van der Waals surface area contributed by atoms with E-state index in [4.69, 9.17) is 0 Å². The molecule has 0 bridgehead atoms. The van der Waals surface area contributed by atoms with Crippen LogP contribution in [0.3, 0.4) is 0 Å². The Morgan fingerprint density at radius 1 is 1.04 bits per heavy atom. The molecule has 2 aliphatic heterocycles. The predicted octanol–water partition coefficient (Wildman–Crippen LogP) is 2.35. The summed E-state index contributed by atoms with van der Waals surface area (Å²) in [6, 6.07) is 0.117. The summed E-state index contributed by atoms with van der Waals surface area (Å²) in [5.74, 6) is -0.264. The number of piperidine rings is 1. The molecule has 0 aromatic carbocycles. The van der Waals surface area contributed by atoms with Crippen LogP contribution in [0.25, 0.3) is 0 Å². The summed E-state index contributed by atoms with van der Waals surface area (Å²) in [5.41, 5.74) is 0. The topological polar surface area (TPSA) is 60.9 Å².